The van der Waals surface area contributed by atoms with E-state index in [-0.39, 0.29) is 11.4 Å². The molecular weight excluding hydrogens is 259 g/mol. The molecule has 18 heavy (non-hydrogen) atoms. The molecule has 92 valence electrons. The highest BCUT2D eigenvalue weighted by atomic mass is 35.5. The SMILES string of the molecule is O=C(Nc1ccc(Cl)cn1)c1ccc(F)cc1O. The summed E-state index contributed by atoms with van der Waals surface area (Å²) in [5.41, 5.74) is -0.0341. The first-order valence-electron chi connectivity index (χ1n) is 4.97. The summed E-state index contributed by atoms with van der Waals surface area (Å²) >= 11 is 5.65. The van der Waals surface area contributed by atoms with E-state index in [2.05, 4.69) is 10.3 Å². The molecule has 1 aromatic carbocycles. The molecule has 2 aromatic rings. The van der Waals surface area contributed by atoms with Gasteiger partial charge in [-0.2, -0.15) is 0 Å². The summed E-state index contributed by atoms with van der Waals surface area (Å²) in [4.78, 5) is 15.6. The van der Waals surface area contributed by atoms with E-state index >= 15 is 0 Å². The largest absolute Gasteiger partial charge is 0.507 e. The number of phenolic OH excluding ortho intramolecular Hbond substituents is 1. The van der Waals surface area contributed by atoms with Gasteiger partial charge in [0.15, 0.2) is 0 Å². The molecule has 0 aliphatic rings. The molecule has 2 N–H and O–H groups in total. The number of hydrogen-bond donors (Lipinski definition) is 2. The predicted octanol–water partition coefficient (Wildman–Crippen LogP) is 2.83. The van der Waals surface area contributed by atoms with Crippen LogP contribution in [0.25, 0.3) is 0 Å². The number of anilines is 1. The van der Waals surface area contributed by atoms with E-state index in [1.54, 1.807) is 6.07 Å². The van der Waals surface area contributed by atoms with Crippen LogP contribution in [0.1, 0.15) is 10.4 Å². The zero-order valence-electron chi connectivity index (χ0n) is 9.02. The Hall–Kier alpha value is -2.14. The Morgan fingerprint density at radius 3 is 2.72 bits per heavy atom. The Morgan fingerprint density at radius 1 is 1.33 bits per heavy atom. The Labute approximate surface area is 107 Å². The Kier molecular flexibility index (Phi) is 3.43. The average molecular weight is 267 g/mol. The van der Waals surface area contributed by atoms with Crippen molar-refractivity contribution in [2.75, 3.05) is 5.32 Å². The van der Waals surface area contributed by atoms with E-state index in [0.717, 1.165) is 12.1 Å². The van der Waals surface area contributed by atoms with Gasteiger partial charge >= 0.3 is 0 Å². The first-order valence-corrected chi connectivity index (χ1v) is 5.35. The number of nitrogens with one attached hydrogen (secondary N) is 1. The van der Waals surface area contributed by atoms with Crippen LogP contribution in [-0.4, -0.2) is 16.0 Å². The minimum absolute atomic E-state index is 0.0341. The van der Waals surface area contributed by atoms with Gasteiger partial charge < -0.3 is 10.4 Å². The van der Waals surface area contributed by atoms with Gasteiger partial charge in [0, 0.05) is 12.3 Å². The van der Waals surface area contributed by atoms with Crippen molar-refractivity contribution in [3.8, 4) is 5.75 Å². The number of pyridine rings is 1. The van der Waals surface area contributed by atoms with Gasteiger partial charge in [-0.15, -0.1) is 0 Å². The summed E-state index contributed by atoms with van der Waals surface area (Å²) < 4.78 is 12.8. The fourth-order valence-electron chi connectivity index (χ4n) is 1.33. The van der Waals surface area contributed by atoms with E-state index in [0.29, 0.717) is 5.02 Å². The molecule has 6 heteroatoms. The Bertz CT molecular complexity index is 587. The quantitative estimate of drug-likeness (QED) is 0.879. The van der Waals surface area contributed by atoms with Crippen LogP contribution < -0.4 is 5.32 Å². The first-order chi connectivity index (χ1) is 8.56. The summed E-state index contributed by atoms with van der Waals surface area (Å²) in [6.07, 6.45) is 1.38. The fourth-order valence-corrected chi connectivity index (χ4v) is 1.44. The molecule has 2 rings (SSSR count). The summed E-state index contributed by atoms with van der Waals surface area (Å²) in [5.74, 6) is -1.34. The molecule has 0 fully saturated rings. The normalized spacial score (nSPS) is 10.1. The molecule has 0 atom stereocenters. The van der Waals surface area contributed by atoms with Crippen LogP contribution in [0.5, 0.6) is 5.75 Å². The van der Waals surface area contributed by atoms with E-state index in [1.165, 1.54) is 18.3 Å². The Balaban J connectivity index is 2.19. The van der Waals surface area contributed by atoms with Crippen molar-refractivity contribution >= 4 is 23.3 Å². The molecule has 0 saturated heterocycles. The fraction of sp³-hybridized carbons (Fsp3) is 0. The summed E-state index contributed by atoms with van der Waals surface area (Å²) in [7, 11) is 0. The molecule has 0 radical (unpaired) electrons. The number of amides is 1. The lowest BCUT2D eigenvalue weighted by Gasteiger charge is -2.06. The van der Waals surface area contributed by atoms with Crippen LogP contribution in [0, 0.1) is 5.82 Å². The number of aromatic nitrogens is 1. The van der Waals surface area contributed by atoms with Crippen LogP contribution in [0.3, 0.4) is 0 Å². The molecule has 1 aromatic heterocycles. The van der Waals surface area contributed by atoms with Crippen LogP contribution in [-0.2, 0) is 0 Å². The van der Waals surface area contributed by atoms with Crippen molar-refractivity contribution in [1.29, 1.82) is 0 Å². The molecule has 4 nitrogen and oxygen atoms in total. The van der Waals surface area contributed by atoms with Crippen molar-refractivity contribution in [1.82, 2.24) is 4.98 Å². The zero-order valence-corrected chi connectivity index (χ0v) is 9.78. The number of phenols is 1. The number of carbonyl (C=O) groups is 1. The number of hydrogen-bond acceptors (Lipinski definition) is 3. The number of aromatic hydroxyl groups is 1. The number of benzene rings is 1. The van der Waals surface area contributed by atoms with Crippen molar-refractivity contribution in [3.05, 3.63) is 52.9 Å². The number of carbonyl (C=O) groups excluding carboxylic acids is 1. The van der Waals surface area contributed by atoms with Crippen LogP contribution in [0.2, 0.25) is 5.02 Å². The van der Waals surface area contributed by atoms with Crippen molar-refractivity contribution in [2.45, 2.75) is 0 Å². The molecule has 0 saturated carbocycles. The average Bonchev–Trinajstić information content (AvgIpc) is 2.32. The molecular formula is C12H8ClFN2O2. The maximum absolute atomic E-state index is 12.8. The second-order valence-corrected chi connectivity index (χ2v) is 3.91. The molecule has 0 bridgehead atoms. The lowest BCUT2D eigenvalue weighted by atomic mass is 10.2. The maximum Gasteiger partial charge on any atom is 0.260 e. The number of halogens is 2. The minimum atomic E-state index is -0.617. The van der Waals surface area contributed by atoms with Crippen LogP contribution >= 0.6 is 11.6 Å². The maximum atomic E-state index is 12.8. The monoisotopic (exact) mass is 266 g/mol. The third-order valence-corrected chi connectivity index (χ3v) is 2.40. The number of nitrogens with zero attached hydrogens (tertiary/aromatic N) is 1. The summed E-state index contributed by atoms with van der Waals surface area (Å²) in [6, 6.07) is 6.22. The highest BCUT2D eigenvalue weighted by Gasteiger charge is 2.12. The Morgan fingerprint density at radius 2 is 2.11 bits per heavy atom. The molecule has 0 aliphatic carbocycles. The minimum Gasteiger partial charge on any atom is -0.507 e. The van der Waals surface area contributed by atoms with E-state index < -0.39 is 17.5 Å². The lowest BCUT2D eigenvalue weighted by Crippen LogP contribution is -2.13. The highest BCUT2D eigenvalue weighted by molar-refractivity contribution is 6.30. The van der Waals surface area contributed by atoms with Crippen molar-refractivity contribution in [2.24, 2.45) is 0 Å². The van der Waals surface area contributed by atoms with E-state index in [1.807, 2.05) is 0 Å². The first kappa shape index (κ1) is 12.3. The second kappa shape index (κ2) is 5.01. The van der Waals surface area contributed by atoms with Gasteiger partial charge in [0.1, 0.15) is 17.4 Å². The van der Waals surface area contributed by atoms with Gasteiger partial charge in [-0.25, -0.2) is 9.37 Å². The third-order valence-electron chi connectivity index (χ3n) is 2.17. The standard InChI is InChI=1S/C12H8ClFN2O2/c13-7-1-4-11(15-6-7)16-12(18)9-3-2-8(14)5-10(9)17/h1-6,17H,(H,15,16,18). The summed E-state index contributed by atoms with van der Waals surface area (Å²) in [5, 5.41) is 12.3. The van der Waals surface area contributed by atoms with Crippen LogP contribution in [0.4, 0.5) is 10.2 Å². The van der Waals surface area contributed by atoms with Gasteiger partial charge in [-0.3, -0.25) is 4.79 Å². The predicted molar refractivity (Wildman–Crippen MR) is 65.3 cm³/mol. The van der Waals surface area contributed by atoms with Crippen molar-refractivity contribution < 1.29 is 14.3 Å². The topological polar surface area (TPSA) is 62.2 Å². The van der Waals surface area contributed by atoms with Crippen LogP contribution in [0.15, 0.2) is 36.5 Å². The van der Waals surface area contributed by atoms with E-state index in [4.69, 9.17) is 11.6 Å². The molecule has 1 heterocycles. The summed E-state index contributed by atoms with van der Waals surface area (Å²) in [6.45, 7) is 0. The molecule has 1 amide bonds. The molecule has 0 spiro atoms. The lowest BCUT2D eigenvalue weighted by molar-refractivity contribution is 0.102. The van der Waals surface area contributed by atoms with Gasteiger partial charge in [0.05, 0.1) is 10.6 Å². The highest BCUT2D eigenvalue weighted by Crippen LogP contribution is 2.19. The van der Waals surface area contributed by atoms with Crippen molar-refractivity contribution in [3.63, 3.8) is 0 Å². The second-order valence-electron chi connectivity index (χ2n) is 3.48. The smallest absolute Gasteiger partial charge is 0.260 e. The van der Waals surface area contributed by atoms with Gasteiger partial charge in [0.2, 0.25) is 0 Å². The molecule has 0 unspecified atom stereocenters. The number of rotatable bonds is 2. The third kappa shape index (κ3) is 2.75. The zero-order chi connectivity index (χ0) is 13.1. The van der Waals surface area contributed by atoms with Gasteiger partial charge in [-0.05, 0) is 24.3 Å². The van der Waals surface area contributed by atoms with Gasteiger partial charge in [-0.1, -0.05) is 11.6 Å². The van der Waals surface area contributed by atoms with E-state index in [9.17, 15) is 14.3 Å². The van der Waals surface area contributed by atoms with Gasteiger partial charge in [0.25, 0.3) is 5.91 Å². The molecule has 0 aliphatic heterocycles.